The molecule has 3 aromatic carbocycles. The lowest BCUT2D eigenvalue weighted by atomic mass is 10.0. The average Bonchev–Trinajstić information content (AvgIpc) is 3.38. The fourth-order valence-corrected chi connectivity index (χ4v) is 4.77. The van der Waals surface area contributed by atoms with E-state index in [-0.39, 0.29) is 13.0 Å². The highest BCUT2D eigenvalue weighted by Crippen LogP contribution is 2.38. The third-order valence-electron chi connectivity index (χ3n) is 6.80. The zero-order valence-corrected chi connectivity index (χ0v) is 25.6. The highest BCUT2D eigenvalue weighted by atomic mass is 31.2. The molecule has 16 heteroatoms. The molecule has 4 aromatic rings. The van der Waals surface area contributed by atoms with Gasteiger partial charge < -0.3 is 24.9 Å². The third-order valence-corrected chi connectivity index (χ3v) is 7.28. The Morgan fingerprint density at radius 1 is 1.09 bits per heavy atom. The van der Waals surface area contributed by atoms with Crippen LogP contribution in [0.4, 0.5) is 10.1 Å². The number of phosphoric acid groups is 1. The molecule has 0 bridgehead atoms. The van der Waals surface area contributed by atoms with E-state index in [1.54, 1.807) is 18.8 Å². The van der Waals surface area contributed by atoms with Crippen LogP contribution < -0.4 is 16.6 Å². The summed E-state index contributed by atoms with van der Waals surface area (Å²) in [6.07, 6.45) is -2.89. The number of anilines is 1. The number of nitrogens with one attached hydrogen (secondary N) is 2. The highest BCUT2D eigenvalue weighted by molar-refractivity contribution is 7.46. The number of aromatic nitrogens is 2. The second kappa shape index (κ2) is 14.9. The molecule has 2 heterocycles. The lowest BCUT2D eigenvalue weighted by Gasteiger charge is -2.25. The number of aliphatic hydroxyl groups excluding tert-OH is 1. The molecule has 3 atom stereocenters. The minimum absolute atomic E-state index is 0.138. The topological polar surface area (TPSA) is 199 Å². The van der Waals surface area contributed by atoms with Gasteiger partial charge in [-0.15, -0.1) is 0 Å². The van der Waals surface area contributed by atoms with Crippen molar-refractivity contribution in [2.24, 2.45) is 0 Å². The summed E-state index contributed by atoms with van der Waals surface area (Å²) in [5.41, 5.74) is -1.23. The number of aliphatic hydroxyl groups is 1. The van der Waals surface area contributed by atoms with Crippen LogP contribution in [0, 0.1) is 5.82 Å². The highest BCUT2D eigenvalue weighted by Gasteiger charge is 2.37. The van der Waals surface area contributed by atoms with Crippen LogP contribution >= 0.6 is 7.82 Å². The number of hydrogen-bond acceptors (Lipinski definition) is 10. The van der Waals surface area contributed by atoms with Crippen LogP contribution in [0.2, 0.25) is 0 Å². The Labute approximate surface area is 261 Å². The van der Waals surface area contributed by atoms with E-state index >= 15 is 0 Å². The Morgan fingerprint density at radius 2 is 1.76 bits per heavy atom. The number of H-pyrrole nitrogens is 1. The number of nitrogens with zero attached hydrogens (tertiary/aromatic N) is 1. The first-order valence-electron chi connectivity index (χ1n) is 13.9. The van der Waals surface area contributed by atoms with Crippen molar-refractivity contribution in [3.8, 4) is 0 Å². The molecule has 0 unspecified atom stereocenters. The number of ether oxygens (including phenoxy) is 1. The van der Waals surface area contributed by atoms with Crippen molar-refractivity contribution in [3.05, 3.63) is 111 Å². The Bertz CT molecular complexity index is 1800. The zero-order chi connectivity index (χ0) is 33.5. The molecular formula is C30H33FN3O11P. The van der Waals surface area contributed by atoms with Crippen LogP contribution in [0.25, 0.3) is 10.8 Å². The fourth-order valence-electron chi connectivity index (χ4n) is 4.43. The average molecular weight is 662 g/mol. The van der Waals surface area contributed by atoms with E-state index in [1.165, 1.54) is 0 Å². The molecule has 1 aromatic heterocycles. The zero-order valence-electron chi connectivity index (χ0n) is 24.7. The summed E-state index contributed by atoms with van der Waals surface area (Å²) in [5.74, 6) is -1.68. The largest absolute Gasteiger partial charge is 0.469 e. The maximum absolute atomic E-state index is 13.2. The Kier molecular flexibility index (Phi) is 11.2. The van der Waals surface area contributed by atoms with Gasteiger partial charge in [-0.1, -0.05) is 66.7 Å². The van der Waals surface area contributed by atoms with E-state index in [0.29, 0.717) is 6.20 Å². The standard InChI is InChI=1S/C21H21NO3.C9H12FN2O8P/c1-21(2,20(23)25-24-15-16-9-4-3-5-10-16)22-19-14-8-12-17-11-6-7-13-18(17)19;10-4-2-12(9(15)11-8(4)14)7-1-5(13)6(20-7)3-19-21(16,17)18/h3-14,22H,15H2,1-2H3;2,5-7,13H,1,3H2,(H,11,14,15)(H2,16,17,18)/t;5-,6+,7+/m.0/s1. The lowest BCUT2D eigenvalue weighted by Crippen LogP contribution is -2.41. The molecule has 1 fully saturated rings. The number of fused-ring (bicyclic) bond motifs is 1. The molecule has 1 saturated heterocycles. The van der Waals surface area contributed by atoms with Gasteiger partial charge in [-0.05, 0) is 30.9 Å². The summed E-state index contributed by atoms with van der Waals surface area (Å²) in [6, 6.07) is 23.5. The molecule has 0 amide bonds. The van der Waals surface area contributed by atoms with Crippen LogP contribution in [0.15, 0.2) is 88.6 Å². The van der Waals surface area contributed by atoms with Crippen LogP contribution in [-0.4, -0.2) is 54.8 Å². The van der Waals surface area contributed by atoms with Crippen molar-refractivity contribution in [1.29, 1.82) is 0 Å². The summed E-state index contributed by atoms with van der Waals surface area (Å²) in [4.78, 5) is 63.8. The molecule has 46 heavy (non-hydrogen) atoms. The Morgan fingerprint density at radius 3 is 2.48 bits per heavy atom. The van der Waals surface area contributed by atoms with Crippen molar-refractivity contribution in [2.45, 2.75) is 50.8 Å². The van der Waals surface area contributed by atoms with Crippen LogP contribution in [0.5, 0.6) is 0 Å². The minimum atomic E-state index is -4.73. The number of halogens is 1. The van der Waals surface area contributed by atoms with Crippen molar-refractivity contribution in [1.82, 2.24) is 9.55 Å². The number of hydrogen-bond donors (Lipinski definition) is 5. The van der Waals surface area contributed by atoms with Crippen molar-refractivity contribution >= 4 is 30.3 Å². The van der Waals surface area contributed by atoms with E-state index in [9.17, 15) is 28.4 Å². The fraction of sp³-hybridized carbons (Fsp3) is 0.300. The van der Waals surface area contributed by atoms with E-state index in [0.717, 1.165) is 26.6 Å². The third kappa shape index (κ3) is 9.40. The lowest BCUT2D eigenvalue weighted by molar-refractivity contribution is -0.283. The van der Waals surface area contributed by atoms with Gasteiger partial charge in [-0.25, -0.2) is 14.2 Å². The summed E-state index contributed by atoms with van der Waals surface area (Å²) in [7, 11) is -4.73. The normalized spacial score (nSPS) is 18.1. The Balaban J connectivity index is 0.000000212. The summed E-state index contributed by atoms with van der Waals surface area (Å²) in [6.45, 7) is 3.14. The maximum atomic E-state index is 13.2. The summed E-state index contributed by atoms with van der Waals surface area (Å²) in [5, 5.41) is 15.1. The van der Waals surface area contributed by atoms with Gasteiger partial charge in [0.25, 0.3) is 5.56 Å². The molecule has 14 nitrogen and oxygen atoms in total. The van der Waals surface area contributed by atoms with E-state index in [4.69, 9.17) is 24.3 Å². The van der Waals surface area contributed by atoms with Crippen molar-refractivity contribution in [2.75, 3.05) is 11.9 Å². The predicted molar refractivity (Wildman–Crippen MR) is 163 cm³/mol. The number of aromatic amines is 1. The number of carbonyl (C=O) groups is 1. The van der Waals surface area contributed by atoms with E-state index in [2.05, 4.69) is 9.84 Å². The molecule has 0 aliphatic carbocycles. The molecule has 5 rings (SSSR count). The monoisotopic (exact) mass is 661 g/mol. The van der Waals surface area contributed by atoms with Crippen LogP contribution in [0.1, 0.15) is 32.1 Å². The second-order valence-corrected chi connectivity index (χ2v) is 12.0. The molecule has 0 spiro atoms. The number of phosphoric ester groups is 1. The smallest absolute Gasteiger partial charge is 0.390 e. The van der Waals surface area contributed by atoms with E-state index in [1.807, 2.05) is 72.8 Å². The van der Waals surface area contributed by atoms with Gasteiger partial charge in [0, 0.05) is 17.5 Å². The Hall–Kier alpha value is -4.21. The van der Waals surface area contributed by atoms with Gasteiger partial charge >= 0.3 is 19.5 Å². The second-order valence-electron chi connectivity index (χ2n) is 10.8. The quantitative estimate of drug-likeness (QED) is 0.0947. The first-order valence-corrected chi connectivity index (χ1v) is 15.4. The molecule has 0 radical (unpaired) electrons. The molecule has 0 saturated carbocycles. The SMILES string of the molecule is CC(C)(Nc1cccc2ccccc12)C(=O)OOCc1ccccc1.O=c1[nH]c(=O)n([C@H]2C[C@H](O)[C@@H](COP(=O)(O)O)O2)cc1F. The van der Waals surface area contributed by atoms with Crippen molar-refractivity contribution in [3.63, 3.8) is 0 Å². The summed E-state index contributed by atoms with van der Waals surface area (Å²) >= 11 is 0. The van der Waals surface area contributed by atoms with Gasteiger partial charge in [0.05, 0.1) is 18.9 Å². The minimum Gasteiger partial charge on any atom is -0.390 e. The molecule has 5 N–H and O–H groups in total. The first kappa shape index (κ1) is 34.7. The predicted octanol–water partition coefficient (Wildman–Crippen LogP) is 3.14. The molecule has 1 aliphatic heterocycles. The number of benzene rings is 3. The van der Waals surface area contributed by atoms with Gasteiger partial charge in [-0.3, -0.25) is 23.8 Å². The van der Waals surface area contributed by atoms with Crippen molar-refractivity contribution < 1.29 is 47.7 Å². The first-order chi connectivity index (χ1) is 21.7. The number of rotatable bonds is 10. The van der Waals surface area contributed by atoms with E-state index < -0.39 is 61.4 Å². The van der Waals surface area contributed by atoms with Crippen LogP contribution in [0.3, 0.4) is 0 Å². The van der Waals surface area contributed by atoms with Gasteiger partial charge in [-0.2, -0.15) is 9.28 Å². The molecular weight excluding hydrogens is 628 g/mol. The maximum Gasteiger partial charge on any atom is 0.469 e. The molecule has 1 aliphatic rings. The number of carbonyl (C=O) groups excluding carboxylic acids is 1. The van der Waals surface area contributed by atoms with Gasteiger partial charge in [0.15, 0.2) is 0 Å². The molecule has 246 valence electrons. The van der Waals surface area contributed by atoms with Gasteiger partial charge in [0.1, 0.15) is 24.5 Å². The van der Waals surface area contributed by atoms with Crippen LogP contribution in [-0.2, 0) is 35.0 Å². The van der Waals surface area contributed by atoms with Gasteiger partial charge in [0.2, 0.25) is 5.82 Å². The summed E-state index contributed by atoms with van der Waals surface area (Å²) < 4.78 is 33.9.